The molecule has 0 aliphatic carbocycles. The van der Waals surface area contributed by atoms with E-state index in [0.29, 0.717) is 0 Å². The number of hydrogen-bond acceptors (Lipinski definition) is 0. The Kier molecular flexibility index (Phi) is 3.64. The van der Waals surface area contributed by atoms with Crippen molar-refractivity contribution in [3.63, 3.8) is 0 Å². The number of para-hydroxylation sites is 2. The lowest BCUT2D eigenvalue weighted by Crippen LogP contribution is -2.08. The van der Waals surface area contributed by atoms with E-state index in [-0.39, 0.29) is 0 Å². The van der Waals surface area contributed by atoms with E-state index in [0.717, 1.165) is 10.2 Å². The summed E-state index contributed by atoms with van der Waals surface area (Å²) in [5.41, 5.74) is 3.78. The van der Waals surface area contributed by atoms with Crippen LogP contribution >= 0.6 is 0 Å². The van der Waals surface area contributed by atoms with Gasteiger partial charge in [-0.2, -0.15) is 0 Å². The SMILES string of the molecule is [SiH3]c1cc(-n2c3ccccc3c3ccccc32)cc2ccc3cc4ccccc4cc3c12. The third-order valence-corrected chi connectivity index (χ3v) is 7.61. The van der Waals surface area contributed by atoms with Crippen LogP contribution in [0.4, 0.5) is 0 Å². The summed E-state index contributed by atoms with van der Waals surface area (Å²) in [5, 5.41) is 12.1. The lowest BCUT2D eigenvalue weighted by molar-refractivity contribution is 1.19. The molecule has 0 atom stereocenters. The van der Waals surface area contributed by atoms with Crippen LogP contribution in [0, 0.1) is 0 Å². The number of rotatable bonds is 1. The summed E-state index contributed by atoms with van der Waals surface area (Å²) in [7, 11) is 0.993. The van der Waals surface area contributed by atoms with Gasteiger partial charge in [0.05, 0.1) is 11.0 Å². The standard InChI is InChI=1S/C30H21NSi/c32-29-18-23(31-27-11-5-3-9-24(27)25-10-4-6-12-28(25)31)16-22-14-13-21-15-19-7-1-2-8-20(19)17-26(21)30(22)29/h1-18H,32H3. The summed E-state index contributed by atoms with van der Waals surface area (Å²) in [4.78, 5) is 0. The smallest absolute Gasteiger partial charge is 0.0541 e. The van der Waals surface area contributed by atoms with Crippen LogP contribution in [-0.2, 0) is 0 Å². The van der Waals surface area contributed by atoms with Crippen molar-refractivity contribution in [3.8, 4) is 5.69 Å². The second-order valence-electron chi connectivity index (χ2n) is 8.72. The first-order chi connectivity index (χ1) is 15.8. The van der Waals surface area contributed by atoms with Gasteiger partial charge in [-0.15, -0.1) is 0 Å². The molecule has 1 heterocycles. The summed E-state index contributed by atoms with van der Waals surface area (Å²) in [6, 6.07) is 40.2. The second-order valence-corrected chi connectivity index (χ2v) is 9.79. The van der Waals surface area contributed by atoms with Gasteiger partial charge in [0.15, 0.2) is 0 Å². The van der Waals surface area contributed by atoms with Crippen molar-refractivity contribution in [2.75, 3.05) is 0 Å². The summed E-state index contributed by atoms with van der Waals surface area (Å²) in [6.07, 6.45) is 0. The highest BCUT2D eigenvalue weighted by atomic mass is 28.1. The van der Waals surface area contributed by atoms with Crippen molar-refractivity contribution in [2.45, 2.75) is 0 Å². The Morgan fingerprint density at radius 3 is 1.78 bits per heavy atom. The molecule has 7 rings (SSSR count). The molecule has 7 aromatic rings. The molecule has 0 radical (unpaired) electrons. The summed E-state index contributed by atoms with van der Waals surface area (Å²) in [5.74, 6) is 0. The normalized spacial score (nSPS) is 12.0. The van der Waals surface area contributed by atoms with E-state index in [4.69, 9.17) is 0 Å². The maximum absolute atomic E-state index is 2.43. The molecule has 32 heavy (non-hydrogen) atoms. The van der Waals surface area contributed by atoms with E-state index < -0.39 is 0 Å². The Balaban J connectivity index is 1.58. The largest absolute Gasteiger partial charge is 0.309 e. The zero-order valence-corrected chi connectivity index (χ0v) is 19.8. The minimum atomic E-state index is 0.993. The zero-order chi connectivity index (χ0) is 21.2. The molecule has 0 aliphatic rings. The van der Waals surface area contributed by atoms with Crippen LogP contribution in [0.3, 0.4) is 0 Å². The predicted octanol–water partition coefficient (Wildman–Crippen LogP) is 6.23. The Labute approximate surface area is 188 Å². The number of aromatic nitrogens is 1. The molecule has 0 saturated heterocycles. The van der Waals surface area contributed by atoms with Crippen LogP contribution in [-0.4, -0.2) is 14.8 Å². The van der Waals surface area contributed by atoms with Gasteiger partial charge in [0.1, 0.15) is 0 Å². The molecule has 1 nitrogen and oxygen atoms in total. The second kappa shape index (κ2) is 6.56. The lowest BCUT2D eigenvalue weighted by atomic mass is 9.98. The van der Waals surface area contributed by atoms with Gasteiger partial charge in [-0.05, 0) is 68.7 Å². The van der Waals surface area contributed by atoms with Gasteiger partial charge in [0.25, 0.3) is 0 Å². The van der Waals surface area contributed by atoms with Gasteiger partial charge >= 0.3 is 0 Å². The van der Waals surface area contributed by atoms with Crippen molar-refractivity contribution < 1.29 is 0 Å². The molecule has 2 heteroatoms. The maximum atomic E-state index is 2.43. The first-order valence-electron chi connectivity index (χ1n) is 11.1. The third-order valence-electron chi connectivity index (χ3n) is 6.82. The molecule has 6 aromatic carbocycles. The Bertz CT molecular complexity index is 1790. The number of benzene rings is 6. The molecule has 0 saturated carbocycles. The molecular weight excluding hydrogens is 402 g/mol. The van der Waals surface area contributed by atoms with Crippen LogP contribution in [0.15, 0.2) is 109 Å². The highest BCUT2D eigenvalue weighted by molar-refractivity contribution is 6.42. The minimum Gasteiger partial charge on any atom is -0.309 e. The monoisotopic (exact) mass is 423 g/mol. The van der Waals surface area contributed by atoms with Crippen LogP contribution in [0.1, 0.15) is 0 Å². The molecule has 0 aliphatic heterocycles. The zero-order valence-electron chi connectivity index (χ0n) is 17.8. The molecule has 0 fully saturated rings. The van der Waals surface area contributed by atoms with E-state index in [9.17, 15) is 0 Å². The average Bonchev–Trinajstić information content (AvgIpc) is 3.17. The molecule has 0 spiro atoms. The molecule has 0 amide bonds. The summed E-state index contributed by atoms with van der Waals surface area (Å²) in [6.45, 7) is 0. The first-order valence-corrected chi connectivity index (χ1v) is 12.1. The first kappa shape index (κ1) is 17.8. The molecular formula is C30H21NSi. The molecule has 0 unspecified atom stereocenters. The maximum Gasteiger partial charge on any atom is 0.0541 e. The average molecular weight is 424 g/mol. The third kappa shape index (κ3) is 2.44. The van der Waals surface area contributed by atoms with E-state index in [1.165, 1.54) is 65.0 Å². The van der Waals surface area contributed by atoms with Crippen LogP contribution in [0.25, 0.3) is 59.8 Å². The molecule has 1 aromatic heterocycles. The fraction of sp³-hybridized carbons (Fsp3) is 0. The van der Waals surface area contributed by atoms with Crippen LogP contribution in [0.2, 0.25) is 0 Å². The minimum absolute atomic E-state index is 0.993. The quantitative estimate of drug-likeness (QED) is 0.167. The van der Waals surface area contributed by atoms with E-state index in [1.807, 2.05) is 0 Å². The van der Waals surface area contributed by atoms with Gasteiger partial charge in [0, 0.05) is 26.7 Å². The Morgan fingerprint density at radius 1 is 0.469 bits per heavy atom. The Morgan fingerprint density at radius 2 is 1.06 bits per heavy atom. The molecule has 0 bridgehead atoms. The van der Waals surface area contributed by atoms with E-state index >= 15 is 0 Å². The van der Waals surface area contributed by atoms with Crippen molar-refractivity contribution in [1.29, 1.82) is 0 Å². The topological polar surface area (TPSA) is 4.93 Å². The van der Waals surface area contributed by atoms with Crippen molar-refractivity contribution in [3.05, 3.63) is 109 Å². The highest BCUT2D eigenvalue weighted by Gasteiger charge is 2.13. The number of fused-ring (bicyclic) bond motifs is 7. The van der Waals surface area contributed by atoms with Gasteiger partial charge < -0.3 is 4.57 Å². The summed E-state index contributed by atoms with van der Waals surface area (Å²) < 4.78 is 2.43. The van der Waals surface area contributed by atoms with Gasteiger partial charge in [-0.3, -0.25) is 0 Å². The van der Waals surface area contributed by atoms with Crippen LogP contribution < -0.4 is 5.19 Å². The molecule has 0 N–H and O–H groups in total. The van der Waals surface area contributed by atoms with Crippen molar-refractivity contribution >= 4 is 69.6 Å². The van der Waals surface area contributed by atoms with E-state index in [2.05, 4.69) is 114 Å². The fourth-order valence-electron chi connectivity index (χ4n) is 5.42. The van der Waals surface area contributed by atoms with Gasteiger partial charge in [0.2, 0.25) is 0 Å². The number of nitrogens with zero attached hydrogens (tertiary/aromatic N) is 1. The molecule has 150 valence electrons. The van der Waals surface area contributed by atoms with E-state index in [1.54, 1.807) is 0 Å². The highest BCUT2D eigenvalue weighted by Crippen LogP contribution is 2.34. The lowest BCUT2D eigenvalue weighted by Gasteiger charge is -2.14. The van der Waals surface area contributed by atoms with Gasteiger partial charge in [-0.1, -0.05) is 78.0 Å². The predicted molar refractivity (Wildman–Crippen MR) is 143 cm³/mol. The Hall–Kier alpha value is -3.88. The summed E-state index contributed by atoms with van der Waals surface area (Å²) >= 11 is 0. The van der Waals surface area contributed by atoms with Crippen LogP contribution in [0.5, 0.6) is 0 Å². The van der Waals surface area contributed by atoms with Gasteiger partial charge in [-0.25, -0.2) is 0 Å². The fourth-order valence-corrected chi connectivity index (χ4v) is 6.27. The van der Waals surface area contributed by atoms with Crippen molar-refractivity contribution in [2.24, 2.45) is 0 Å². The van der Waals surface area contributed by atoms with Crippen molar-refractivity contribution in [1.82, 2.24) is 4.57 Å². The number of hydrogen-bond donors (Lipinski definition) is 0.